The van der Waals surface area contributed by atoms with Crippen molar-refractivity contribution in [2.24, 2.45) is 5.73 Å². The number of para-hydroxylation sites is 1. The lowest BCUT2D eigenvalue weighted by atomic mass is 10.1. The highest BCUT2D eigenvalue weighted by Gasteiger charge is 2.08. The maximum Gasteiger partial charge on any atom is 0.0414 e. The van der Waals surface area contributed by atoms with E-state index in [4.69, 9.17) is 5.73 Å². The smallest absolute Gasteiger partial charge is 0.0414 e. The third-order valence-corrected chi connectivity index (χ3v) is 2.24. The van der Waals surface area contributed by atoms with E-state index in [0.717, 1.165) is 6.54 Å². The molecule has 1 rings (SSSR count). The van der Waals surface area contributed by atoms with Crippen molar-refractivity contribution in [3.63, 3.8) is 0 Å². The topological polar surface area (TPSA) is 29.3 Å². The zero-order valence-electron chi connectivity index (χ0n) is 8.90. The van der Waals surface area contributed by atoms with Crippen molar-refractivity contribution in [2.75, 3.05) is 18.5 Å². The minimum absolute atomic E-state index is 0.0680. The van der Waals surface area contributed by atoms with Gasteiger partial charge in [-0.1, -0.05) is 24.3 Å². The highest BCUT2D eigenvalue weighted by molar-refractivity contribution is 5.54. The fourth-order valence-electron chi connectivity index (χ4n) is 1.51. The Bertz CT molecular complexity index is 305. The van der Waals surface area contributed by atoms with Crippen LogP contribution in [0.4, 0.5) is 5.69 Å². The molecule has 76 valence electrons. The average molecular weight is 190 g/mol. The van der Waals surface area contributed by atoms with E-state index in [1.807, 2.05) is 32.2 Å². The Morgan fingerprint density at radius 1 is 1.50 bits per heavy atom. The van der Waals surface area contributed by atoms with Gasteiger partial charge in [0.25, 0.3) is 0 Å². The van der Waals surface area contributed by atoms with Crippen LogP contribution in [0.5, 0.6) is 0 Å². The summed E-state index contributed by atoms with van der Waals surface area (Å²) < 4.78 is 0. The van der Waals surface area contributed by atoms with Gasteiger partial charge in [0.1, 0.15) is 0 Å². The number of benzene rings is 1. The molecule has 0 saturated carbocycles. The van der Waals surface area contributed by atoms with E-state index in [1.165, 1.54) is 11.3 Å². The molecule has 2 nitrogen and oxygen atoms in total. The molecule has 14 heavy (non-hydrogen) atoms. The molecule has 1 atom stereocenters. The van der Waals surface area contributed by atoms with E-state index in [9.17, 15) is 0 Å². The summed E-state index contributed by atoms with van der Waals surface area (Å²) in [6.07, 6.45) is 1.89. The third-order valence-electron chi connectivity index (χ3n) is 2.24. The highest BCUT2D eigenvalue weighted by Crippen LogP contribution is 2.23. The summed E-state index contributed by atoms with van der Waals surface area (Å²) in [4.78, 5) is 2.14. The van der Waals surface area contributed by atoms with E-state index < -0.39 is 0 Å². The summed E-state index contributed by atoms with van der Waals surface area (Å²) >= 11 is 0. The number of likely N-dealkylation sites (N-methyl/N-ethyl adjacent to an activating group) is 1. The Morgan fingerprint density at radius 2 is 2.14 bits per heavy atom. The number of rotatable bonds is 4. The van der Waals surface area contributed by atoms with E-state index >= 15 is 0 Å². The SMILES string of the molecule is C=CCN(C)c1ccccc1[C@@H](C)N. The van der Waals surface area contributed by atoms with E-state index in [0.29, 0.717) is 0 Å². The van der Waals surface area contributed by atoms with Gasteiger partial charge in [0.2, 0.25) is 0 Å². The highest BCUT2D eigenvalue weighted by atomic mass is 15.1. The molecule has 0 fully saturated rings. The number of nitrogens with zero attached hydrogens (tertiary/aromatic N) is 1. The summed E-state index contributed by atoms with van der Waals surface area (Å²) in [6, 6.07) is 8.27. The first-order valence-electron chi connectivity index (χ1n) is 4.83. The monoisotopic (exact) mass is 190 g/mol. The number of hydrogen-bond acceptors (Lipinski definition) is 2. The molecule has 0 bridgehead atoms. The quantitative estimate of drug-likeness (QED) is 0.738. The van der Waals surface area contributed by atoms with Crippen molar-refractivity contribution in [3.05, 3.63) is 42.5 Å². The molecular weight excluding hydrogens is 172 g/mol. The largest absolute Gasteiger partial charge is 0.371 e. The van der Waals surface area contributed by atoms with E-state index in [-0.39, 0.29) is 6.04 Å². The second-order valence-electron chi connectivity index (χ2n) is 3.52. The molecule has 0 heterocycles. The van der Waals surface area contributed by atoms with Crippen molar-refractivity contribution in [3.8, 4) is 0 Å². The molecule has 0 amide bonds. The molecule has 0 aliphatic carbocycles. The van der Waals surface area contributed by atoms with Gasteiger partial charge < -0.3 is 10.6 Å². The molecule has 2 N–H and O–H groups in total. The minimum Gasteiger partial charge on any atom is -0.371 e. The molecule has 1 aromatic carbocycles. The van der Waals surface area contributed by atoms with Crippen LogP contribution in [0.1, 0.15) is 18.5 Å². The number of nitrogens with two attached hydrogens (primary N) is 1. The van der Waals surface area contributed by atoms with Crippen LogP contribution < -0.4 is 10.6 Å². The Balaban J connectivity index is 2.99. The zero-order valence-corrected chi connectivity index (χ0v) is 8.90. The first-order chi connectivity index (χ1) is 6.66. The molecule has 0 aliphatic heterocycles. The molecule has 0 spiro atoms. The lowest BCUT2D eigenvalue weighted by molar-refractivity contribution is 0.809. The van der Waals surface area contributed by atoms with Crippen LogP contribution in [0, 0.1) is 0 Å². The van der Waals surface area contributed by atoms with Gasteiger partial charge in [0, 0.05) is 25.3 Å². The van der Waals surface area contributed by atoms with Crippen LogP contribution in [0.25, 0.3) is 0 Å². The molecule has 2 heteroatoms. The lowest BCUT2D eigenvalue weighted by Crippen LogP contribution is -2.20. The average Bonchev–Trinajstić information content (AvgIpc) is 2.18. The predicted molar refractivity (Wildman–Crippen MR) is 62.5 cm³/mol. The normalized spacial score (nSPS) is 12.2. The predicted octanol–water partition coefficient (Wildman–Crippen LogP) is 2.33. The van der Waals surface area contributed by atoms with Gasteiger partial charge >= 0.3 is 0 Å². The molecule has 0 radical (unpaired) electrons. The summed E-state index contributed by atoms with van der Waals surface area (Å²) in [6.45, 7) is 6.57. The third kappa shape index (κ3) is 2.36. The van der Waals surface area contributed by atoms with Gasteiger partial charge in [0.05, 0.1) is 0 Å². The summed E-state index contributed by atoms with van der Waals surface area (Å²) in [5.74, 6) is 0. The van der Waals surface area contributed by atoms with E-state index in [2.05, 4.69) is 23.6 Å². The second kappa shape index (κ2) is 4.82. The fraction of sp³-hybridized carbons (Fsp3) is 0.333. The minimum atomic E-state index is 0.0680. The van der Waals surface area contributed by atoms with Gasteiger partial charge in [-0.25, -0.2) is 0 Å². The summed E-state index contributed by atoms with van der Waals surface area (Å²) in [5.41, 5.74) is 8.26. The van der Waals surface area contributed by atoms with Crippen LogP contribution in [-0.4, -0.2) is 13.6 Å². The zero-order chi connectivity index (χ0) is 10.6. The van der Waals surface area contributed by atoms with Crippen molar-refractivity contribution in [1.82, 2.24) is 0 Å². The first-order valence-corrected chi connectivity index (χ1v) is 4.83. The summed E-state index contributed by atoms with van der Waals surface area (Å²) in [5, 5.41) is 0. The first kappa shape index (κ1) is 10.8. The second-order valence-corrected chi connectivity index (χ2v) is 3.52. The lowest BCUT2D eigenvalue weighted by Gasteiger charge is -2.22. The van der Waals surface area contributed by atoms with Gasteiger partial charge in [-0.3, -0.25) is 0 Å². The fourth-order valence-corrected chi connectivity index (χ4v) is 1.51. The molecule has 1 aromatic rings. The van der Waals surface area contributed by atoms with Crippen molar-refractivity contribution >= 4 is 5.69 Å². The molecule has 0 unspecified atom stereocenters. The van der Waals surface area contributed by atoms with Crippen LogP contribution in [-0.2, 0) is 0 Å². The number of anilines is 1. The number of hydrogen-bond donors (Lipinski definition) is 1. The van der Waals surface area contributed by atoms with Crippen LogP contribution in [0.2, 0.25) is 0 Å². The maximum absolute atomic E-state index is 5.90. The Morgan fingerprint density at radius 3 is 2.71 bits per heavy atom. The Labute approximate surface area is 86.0 Å². The van der Waals surface area contributed by atoms with Gasteiger partial charge in [-0.2, -0.15) is 0 Å². The van der Waals surface area contributed by atoms with Crippen molar-refractivity contribution in [2.45, 2.75) is 13.0 Å². The van der Waals surface area contributed by atoms with Crippen molar-refractivity contribution in [1.29, 1.82) is 0 Å². The standard InChI is InChI=1S/C12H18N2/c1-4-9-14(3)12-8-6-5-7-11(12)10(2)13/h4-8,10H,1,9,13H2,2-3H3/t10-/m1/s1. The van der Waals surface area contributed by atoms with Gasteiger partial charge in [0.15, 0.2) is 0 Å². The molecule has 0 aliphatic rings. The molecular formula is C12H18N2. The van der Waals surface area contributed by atoms with Gasteiger partial charge in [-0.15, -0.1) is 6.58 Å². The summed E-state index contributed by atoms with van der Waals surface area (Å²) in [7, 11) is 2.04. The van der Waals surface area contributed by atoms with Crippen LogP contribution in [0.15, 0.2) is 36.9 Å². The maximum atomic E-state index is 5.90. The van der Waals surface area contributed by atoms with Crippen LogP contribution >= 0.6 is 0 Å². The Hall–Kier alpha value is -1.28. The molecule has 0 saturated heterocycles. The van der Waals surface area contributed by atoms with Crippen LogP contribution in [0.3, 0.4) is 0 Å². The van der Waals surface area contributed by atoms with E-state index in [1.54, 1.807) is 0 Å². The van der Waals surface area contributed by atoms with Crippen molar-refractivity contribution < 1.29 is 0 Å². The Kier molecular flexibility index (Phi) is 3.72. The molecule has 0 aromatic heterocycles. The van der Waals surface area contributed by atoms with Gasteiger partial charge in [-0.05, 0) is 18.6 Å².